The van der Waals surface area contributed by atoms with Gasteiger partial charge < -0.3 is 10.1 Å². The van der Waals surface area contributed by atoms with E-state index in [-0.39, 0.29) is 0 Å². The smallest absolute Gasteiger partial charge is 0.119 e. The van der Waals surface area contributed by atoms with E-state index in [1.165, 1.54) is 44.3 Å². The fourth-order valence-corrected chi connectivity index (χ4v) is 3.84. The molecule has 3 heteroatoms. The zero-order chi connectivity index (χ0) is 13.8. The van der Waals surface area contributed by atoms with E-state index in [2.05, 4.69) is 28.4 Å². The van der Waals surface area contributed by atoms with Crippen molar-refractivity contribution >= 4 is 0 Å². The summed E-state index contributed by atoms with van der Waals surface area (Å²) in [6, 6.07) is 9.29. The first-order valence-corrected chi connectivity index (χ1v) is 7.97. The summed E-state index contributed by atoms with van der Waals surface area (Å²) < 4.78 is 5.42. The minimum Gasteiger partial charge on any atom is -0.497 e. The lowest BCUT2D eigenvalue weighted by atomic mass is 9.89. The van der Waals surface area contributed by atoms with Gasteiger partial charge in [0.05, 0.1) is 7.11 Å². The third kappa shape index (κ3) is 2.99. The molecule has 1 heterocycles. The highest BCUT2D eigenvalue weighted by Crippen LogP contribution is 2.40. The van der Waals surface area contributed by atoms with Crippen LogP contribution in [0, 0.1) is 5.92 Å². The van der Waals surface area contributed by atoms with Crippen molar-refractivity contribution < 1.29 is 4.74 Å². The van der Waals surface area contributed by atoms with Gasteiger partial charge in [0.2, 0.25) is 0 Å². The highest BCUT2D eigenvalue weighted by Gasteiger charge is 2.31. The zero-order valence-electron chi connectivity index (χ0n) is 12.5. The van der Waals surface area contributed by atoms with E-state index in [1.807, 2.05) is 6.07 Å². The average Bonchev–Trinajstić information content (AvgIpc) is 3.03. The van der Waals surface area contributed by atoms with Gasteiger partial charge in [-0.15, -0.1) is 0 Å². The van der Waals surface area contributed by atoms with Gasteiger partial charge in [-0.2, -0.15) is 0 Å². The first-order valence-electron chi connectivity index (χ1n) is 7.97. The number of rotatable bonds is 4. The number of hydrogen-bond donors (Lipinski definition) is 1. The highest BCUT2D eigenvalue weighted by atomic mass is 16.5. The van der Waals surface area contributed by atoms with E-state index in [0.29, 0.717) is 6.04 Å². The number of hydrogen-bond acceptors (Lipinski definition) is 3. The molecule has 1 aliphatic heterocycles. The van der Waals surface area contributed by atoms with Crippen LogP contribution in [0.1, 0.15) is 37.3 Å². The molecule has 0 amide bonds. The third-order valence-electron chi connectivity index (χ3n) is 4.83. The van der Waals surface area contributed by atoms with E-state index in [4.69, 9.17) is 4.74 Å². The van der Waals surface area contributed by atoms with Crippen LogP contribution in [0.4, 0.5) is 0 Å². The number of benzene rings is 1. The molecule has 3 rings (SSSR count). The molecule has 2 fully saturated rings. The molecule has 1 aromatic carbocycles. The van der Waals surface area contributed by atoms with Crippen LogP contribution >= 0.6 is 0 Å². The first-order chi connectivity index (χ1) is 9.88. The quantitative estimate of drug-likeness (QED) is 0.913. The van der Waals surface area contributed by atoms with Crippen molar-refractivity contribution in [3.05, 3.63) is 29.8 Å². The summed E-state index contributed by atoms with van der Waals surface area (Å²) in [5.41, 5.74) is 1.44. The Labute approximate surface area is 122 Å². The molecule has 110 valence electrons. The molecule has 3 nitrogen and oxygen atoms in total. The van der Waals surface area contributed by atoms with Crippen LogP contribution in [0.2, 0.25) is 0 Å². The molecule has 1 saturated carbocycles. The molecule has 0 bridgehead atoms. The molecule has 1 N–H and O–H groups in total. The summed E-state index contributed by atoms with van der Waals surface area (Å²) in [5.74, 6) is 1.81. The van der Waals surface area contributed by atoms with E-state index in [0.717, 1.165) is 24.8 Å². The summed E-state index contributed by atoms with van der Waals surface area (Å²) in [7, 11) is 1.76. The molecule has 1 saturated heterocycles. The van der Waals surface area contributed by atoms with Crippen LogP contribution in [0.15, 0.2) is 24.3 Å². The molecule has 1 atom stereocenters. The van der Waals surface area contributed by atoms with Crippen molar-refractivity contribution in [1.29, 1.82) is 0 Å². The number of methoxy groups -OCH3 is 1. The molecule has 2 aliphatic rings. The molecular formula is C17H26N2O. The van der Waals surface area contributed by atoms with E-state index >= 15 is 0 Å². The second kappa shape index (κ2) is 6.59. The minimum atomic E-state index is 0.578. The first kappa shape index (κ1) is 13.9. The second-order valence-corrected chi connectivity index (χ2v) is 6.05. The zero-order valence-corrected chi connectivity index (χ0v) is 12.5. The van der Waals surface area contributed by atoms with Crippen LogP contribution in [0.5, 0.6) is 5.75 Å². The minimum absolute atomic E-state index is 0.578. The van der Waals surface area contributed by atoms with E-state index < -0.39 is 0 Å². The van der Waals surface area contributed by atoms with Crippen molar-refractivity contribution in [2.24, 2.45) is 5.92 Å². The molecular weight excluding hydrogens is 248 g/mol. The monoisotopic (exact) mass is 274 g/mol. The maximum Gasteiger partial charge on any atom is 0.119 e. The van der Waals surface area contributed by atoms with Gasteiger partial charge in [0, 0.05) is 32.2 Å². The van der Waals surface area contributed by atoms with Gasteiger partial charge in [-0.1, -0.05) is 25.0 Å². The Bertz CT molecular complexity index is 423. The van der Waals surface area contributed by atoms with E-state index in [1.54, 1.807) is 7.11 Å². The summed E-state index contributed by atoms with van der Waals surface area (Å²) in [5, 5.41) is 3.47. The van der Waals surface area contributed by atoms with Gasteiger partial charge in [0.15, 0.2) is 0 Å². The lowest BCUT2D eigenvalue weighted by Crippen LogP contribution is -2.46. The van der Waals surface area contributed by atoms with Crippen molar-refractivity contribution in [2.45, 2.75) is 31.7 Å². The van der Waals surface area contributed by atoms with Crippen molar-refractivity contribution in [2.75, 3.05) is 33.3 Å². The molecule has 1 aromatic rings. The van der Waals surface area contributed by atoms with Gasteiger partial charge >= 0.3 is 0 Å². The topological polar surface area (TPSA) is 24.5 Å². The Hall–Kier alpha value is -1.06. The van der Waals surface area contributed by atoms with Crippen LogP contribution in [0.25, 0.3) is 0 Å². The maximum absolute atomic E-state index is 5.42. The van der Waals surface area contributed by atoms with Crippen molar-refractivity contribution in [3.63, 3.8) is 0 Å². The van der Waals surface area contributed by atoms with E-state index in [9.17, 15) is 0 Å². The normalized spacial score (nSPS) is 22.9. The summed E-state index contributed by atoms with van der Waals surface area (Å²) in [6.07, 6.45) is 5.56. The molecule has 20 heavy (non-hydrogen) atoms. The second-order valence-electron chi connectivity index (χ2n) is 6.05. The fourth-order valence-electron chi connectivity index (χ4n) is 3.84. The summed E-state index contributed by atoms with van der Waals surface area (Å²) in [4.78, 5) is 2.68. The average molecular weight is 274 g/mol. The van der Waals surface area contributed by atoms with Crippen LogP contribution < -0.4 is 10.1 Å². The standard InChI is InChI=1S/C17H26N2O/c1-20-16-8-4-7-15(13-16)17(14-5-2-3-6-14)19-11-9-18-10-12-19/h4,7-8,13-14,17-18H,2-3,5-6,9-12H2,1H3. The Morgan fingerprint density at radius 2 is 1.95 bits per heavy atom. The predicted molar refractivity (Wildman–Crippen MR) is 82.1 cm³/mol. The Morgan fingerprint density at radius 1 is 1.20 bits per heavy atom. The van der Waals surface area contributed by atoms with Crippen molar-refractivity contribution in [1.82, 2.24) is 10.2 Å². The molecule has 1 unspecified atom stereocenters. The number of nitrogens with zero attached hydrogens (tertiary/aromatic N) is 1. The number of piperazine rings is 1. The summed E-state index contributed by atoms with van der Waals surface area (Å²) in [6.45, 7) is 4.57. The Balaban J connectivity index is 1.86. The maximum atomic E-state index is 5.42. The van der Waals surface area contributed by atoms with Crippen LogP contribution in [0.3, 0.4) is 0 Å². The highest BCUT2D eigenvalue weighted by molar-refractivity contribution is 5.31. The van der Waals surface area contributed by atoms with Gasteiger partial charge in [-0.05, 0) is 36.5 Å². The molecule has 0 aromatic heterocycles. The third-order valence-corrected chi connectivity index (χ3v) is 4.83. The summed E-state index contributed by atoms with van der Waals surface area (Å²) >= 11 is 0. The van der Waals surface area contributed by atoms with Gasteiger partial charge in [-0.3, -0.25) is 4.90 Å². The lowest BCUT2D eigenvalue weighted by Gasteiger charge is -2.38. The Kier molecular flexibility index (Phi) is 4.58. The van der Waals surface area contributed by atoms with Gasteiger partial charge in [0.25, 0.3) is 0 Å². The van der Waals surface area contributed by atoms with Gasteiger partial charge in [-0.25, -0.2) is 0 Å². The fraction of sp³-hybridized carbons (Fsp3) is 0.647. The molecule has 0 radical (unpaired) electrons. The molecule has 0 spiro atoms. The van der Waals surface area contributed by atoms with Gasteiger partial charge in [0.1, 0.15) is 5.75 Å². The predicted octanol–water partition coefficient (Wildman–Crippen LogP) is 2.83. The number of ether oxygens (including phenoxy) is 1. The molecule has 1 aliphatic carbocycles. The number of nitrogens with one attached hydrogen (secondary N) is 1. The van der Waals surface area contributed by atoms with Crippen LogP contribution in [-0.2, 0) is 0 Å². The largest absolute Gasteiger partial charge is 0.497 e. The lowest BCUT2D eigenvalue weighted by molar-refractivity contribution is 0.125. The Morgan fingerprint density at radius 3 is 2.65 bits per heavy atom. The van der Waals surface area contributed by atoms with Crippen LogP contribution in [-0.4, -0.2) is 38.2 Å². The van der Waals surface area contributed by atoms with Crippen molar-refractivity contribution in [3.8, 4) is 5.75 Å². The SMILES string of the molecule is COc1cccc(C(C2CCCC2)N2CCNCC2)c1.